The normalized spacial score (nSPS) is 12.8. The molecule has 0 aromatic heterocycles. The highest BCUT2D eigenvalue weighted by molar-refractivity contribution is 6.80. The van der Waals surface area contributed by atoms with Crippen molar-refractivity contribution in [2.45, 2.75) is 130 Å². The van der Waals surface area contributed by atoms with Crippen LogP contribution >= 0.6 is 0 Å². The molecule has 3 aromatic rings. The predicted octanol–water partition coefficient (Wildman–Crippen LogP) is 10.7. The molecule has 0 aliphatic heterocycles. The van der Waals surface area contributed by atoms with Crippen molar-refractivity contribution in [1.29, 1.82) is 0 Å². The second-order valence-corrected chi connectivity index (χ2v) is 16.0. The lowest BCUT2D eigenvalue weighted by Crippen LogP contribution is -2.45. The van der Waals surface area contributed by atoms with Gasteiger partial charge in [-0.05, 0) is 52.7 Å². The van der Waals surface area contributed by atoms with Gasteiger partial charge in [-0.1, -0.05) is 183 Å². The van der Waals surface area contributed by atoms with Crippen LogP contribution in [0.4, 0.5) is 0 Å². The molecule has 3 aromatic carbocycles. The molecule has 3 rings (SSSR count). The van der Waals surface area contributed by atoms with E-state index in [1.54, 1.807) is 7.11 Å². The van der Waals surface area contributed by atoms with Gasteiger partial charge < -0.3 is 13.9 Å². The van der Waals surface area contributed by atoms with Crippen molar-refractivity contribution in [3.05, 3.63) is 90.5 Å². The maximum atomic E-state index is 6.64. The second kappa shape index (κ2) is 25.6. The van der Waals surface area contributed by atoms with E-state index in [0.717, 1.165) is 37.2 Å². The van der Waals surface area contributed by atoms with Crippen molar-refractivity contribution < 1.29 is 13.9 Å². The van der Waals surface area contributed by atoms with Crippen LogP contribution in [0.5, 0.6) is 5.75 Å². The van der Waals surface area contributed by atoms with Gasteiger partial charge in [0.25, 0.3) is 0 Å². The average Bonchev–Trinajstić information content (AvgIpc) is 3.12. The lowest BCUT2D eigenvalue weighted by molar-refractivity contribution is 0.0921. The minimum Gasteiger partial charge on any atom is -0.497 e. The van der Waals surface area contributed by atoms with Crippen molar-refractivity contribution in [2.75, 3.05) is 20.3 Å². The van der Waals surface area contributed by atoms with E-state index in [2.05, 4.69) is 86.6 Å². The Hall–Kier alpha value is -2.40. The zero-order valence-corrected chi connectivity index (χ0v) is 31.3. The van der Waals surface area contributed by atoms with Gasteiger partial charge in [0.1, 0.15) is 5.75 Å². The van der Waals surface area contributed by atoms with Gasteiger partial charge >= 0.3 is 0 Å². The van der Waals surface area contributed by atoms with E-state index >= 15 is 0 Å². The first-order valence-electron chi connectivity index (χ1n) is 19.2. The van der Waals surface area contributed by atoms with E-state index in [1.165, 1.54) is 119 Å². The lowest BCUT2D eigenvalue weighted by atomic mass is 9.79. The van der Waals surface area contributed by atoms with Crippen LogP contribution in [0.15, 0.2) is 84.9 Å². The quantitative estimate of drug-likeness (QED) is 0.0574. The van der Waals surface area contributed by atoms with Gasteiger partial charge in [-0.2, -0.15) is 0 Å². The van der Waals surface area contributed by atoms with Crippen molar-refractivity contribution in [1.82, 2.24) is 0 Å². The fraction of sp³-hybridized carbons (Fsp3) is 0.581. The lowest BCUT2D eigenvalue weighted by Gasteiger charge is -2.28. The predicted molar refractivity (Wildman–Crippen MR) is 205 cm³/mol. The SMILES string of the molecule is CCCCCCCCCC(CCOCc1ccc(OC)cc1)C(CCCC)CCCCCCO[SiH](c1ccccc1)c1ccccc1. The first-order valence-corrected chi connectivity index (χ1v) is 20.8. The summed E-state index contributed by atoms with van der Waals surface area (Å²) in [5, 5.41) is 2.75. The van der Waals surface area contributed by atoms with E-state index in [1.807, 2.05) is 12.1 Å². The van der Waals surface area contributed by atoms with Gasteiger partial charge in [-0.25, -0.2) is 0 Å². The third-order valence-corrected chi connectivity index (χ3v) is 12.3. The summed E-state index contributed by atoms with van der Waals surface area (Å²) in [4.78, 5) is 0. The van der Waals surface area contributed by atoms with E-state index in [9.17, 15) is 0 Å². The van der Waals surface area contributed by atoms with E-state index < -0.39 is 9.04 Å². The molecule has 0 fully saturated rings. The highest BCUT2D eigenvalue weighted by Crippen LogP contribution is 2.32. The number of benzene rings is 3. The number of ether oxygens (including phenoxy) is 2. The Kier molecular flexibility index (Phi) is 21.3. The molecule has 3 nitrogen and oxygen atoms in total. The van der Waals surface area contributed by atoms with Crippen LogP contribution in [0, 0.1) is 11.8 Å². The maximum absolute atomic E-state index is 6.64. The fourth-order valence-corrected chi connectivity index (χ4v) is 9.23. The molecule has 0 radical (unpaired) electrons. The van der Waals surface area contributed by atoms with Crippen LogP contribution in [0.1, 0.15) is 129 Å². The Balaban J connectivity index is 1.45. The Bertz CT molecular complexity index is 1080. The minimum absolute atomic E-state index is 0.689. The maximum Gasteiger partial charge on any atom is 0.239 e. The molecule has 4 heteroatoms. The Morgan fingerprint density at radius 3 is 1.60 bits per heavy atom. The van der Waals surface area contributed by atoms with Crippen molar-refractivity contribution in [3.8, 4) is 5.75 Å². The molecule has 0 aliphatic carbocycles. The highest BCUT2D eigenvalue weighted by Gasteiger charge is 2.21. The first kappa shape index (κ1) is 39.0. The highest BCUT2D eigenvalue weighted by atomic mass is 28.3. The summed E-state index contributed by atoms with van der Waals surface area (Å²) in [6.07, 6.45) is 22.7. The Morgan fingerprint density at radius 1 is 0.511 bits per heavy atom. The van der Waals surface area contributed by atoms with Crippen LogP contribution in [-0.2, 0) is 15.8 Å². The molecule has 2 atom stereocenters. The monoisotopic (exact) mass is 658 g/mol. The van der Waals surface area contributed by atoms with Gasteiger partial charge in [0.2, 0.25) is 9.04 Å². The fourth-order valence-electron chi connectivity index (χ4n) is 6.91. The molecular weight excluding hydrogens is 593 g/mol. The van der Waals surface area contributed by atoms with Crippen molar-refractivity contribution in [3.63, 3.8) is 0 Å². The Morgan fingerprint density at radius 2 is 1.02 bits per heavy atom. The summed E-state index contributed by atoms with van der Waals surface area (Å²) >= 11 is 0. The van der Waals surface area contributed by atoms with E-state index in [-0.39, 0.29) is 0 Å². The van der Waals surface area contributed by atoms with Gasteiger partial charge in [-0.3, -0.25) is 0 Å². The number of rotatable bonds is 28. The summed E-state index contributed by atoms with van der Waals surface area (Å²) in [5.41, 5.74) is 1.22. The number of hydrogen-bond donors (Lipinski definition) is 0. The van der Waals surface area contributed by atoms with Gasteiger partial charge in [0.05, 0.1) is 13.7 Å². The molecule has 0 heterocycles. The molecule has 0 N–H and O–H groups in total. The molecule has 0 aliphatic rings. The average molecular weight is 659 g/mol. The van der Waals surface area contributed by atoms with Crippen LogP contribution in [-0.4, -0.2) is 29.4 Å². The topological polar surface area (TPSA) is 27.7 Å². The molecule has 0 saturated heterocycles. The number of hydrogen-bond acceptors (Lipinski definition) is 3. The van der Waals surface area contributed by atoms with Crippen molar-refractivity contribution >= 4 is 19.4 Å². The second-order valence-electron chi connectivity index (χ2n) is 13.5. The zero-order chi connectivity index (χ0) is 33.2. The van der Waals surface area contributed by atoms with Crippen LogP contribution < -0.4 is 15.1 Å². The summed E-state index contributed by atoms with van der Waals surface area (Å²) in [6.45, 7) is 7.07. The zero-order valence-electron chi connectivity index (χ0n) is 30.2. The van der Waals surface area contributed by atoms with Crippen LogP contribution in [0.3, 0.4) is 0 Å². The van der Waals surface area contributed by atoms with Gasteiger partial charge in [0, 0.05) is 13.2 Å². The standard InChI is InChI=1S/C43H66O3Si/c1-4-6-8-9-10-11-16-25-40(34-36-45-37-38-30-32-41(44-3)33-31-38)39(23-7-5-2)24-17-12-13-22-35-46-47(42-26-18-14-19-27-42)43-28-20-15-21-29-43/h14-15,18-21,26-33,39-40,47H,4-13,16-17,22-25,34-37H2,1-3H3. The molecule has 47 heavy (non-hydrogen) atoms. The van der Waals surface area contributed by atoms with Crippen LogP contribution in [0.25, 0.3) is 0 Å². The third-order valence-electron chi connectivity index (χ3n) is 9.79. The molecule has 0 saturated carbocycles. The number of unbranched alkanes of at least 4 members (excludes halogenated alkanes) is 10. The van der Waals surface area contributed by atoms with Gasteiger partial charge in [-0.15, -0.1) is 0 Å². The summed E-state index contributed by atoms with van der Waals surface area (Å²) in [7, 11) is 0.0872. The molecule has 2 unspecified atom stereocenters. The molecule has 0 amide bonds. The molecule has 0 spiro atoms. The number of methoxy groups -OCH3 is 1. The molecule has 260 valence electrons. The van der Waals surface area contributed by atoms with Crippen molar-refractivity contribution in [2.24, 2.45) is 11.8 Å². The third kappa shape index (κ3) is 16.5. The van der Waals surface area contributed by atoms with E-state index in [4.69, 9.17) is 13.9 Å². The largest absolute Gasteiger partial charge is 0.497 e. The molecule has 0 bridgehead atoms. The smallest absolute Gasteiger partial charge is 0.239 e. The minimum atomic E-state index is -1.63. The summed E-state index contributed by atoms with van der Waals surface area (Å²) in [5.74, 6) is 2.50. The first-order chi connectivity index (χ1) is 23.2. The van der Waals surface area contributed by atoms with E-state index in [0.29, 0.717) is 6.61 Å². The Labute approximate surface area is 290 Å². The van der Waals surface area contributed by atoms with Crippen LogP contribution in [0.2, 0.25) is 0 Å². The summed E-state index contributed by atoms with van der Waals surface area (Å²) < 4.78 is 18.2. The molecular formula is C43H66O3Si. The summed E-state index contributed by atoms with van der Waals surface area (Å²) in [6, 6.07) is 30.0. The van der Waals surface area contributed by atoms with Gasteiger partial charge in [0.15, 0.2) is 0 Å².